The third kappa shape index (κ3) is 2.46. The minimum absolute atomic E-state index is 0.0621. The fourth-order valence-corrected chi connectivity index (χ4v) is 2.09. The number of pyridine rings is 1. The van der Waals surface area contributed by atoms with Gasteiger partial charge in [0.05, 0.1) is 11.4 Å². The second kappa shape index (κ2) is 5.26. The molecule has 0 saturated heterocycles. The van der Waals surface area contributed by atoms with Crippen molar-refractivity contribution in [2.45, 2.75) is 13.1 Å². The van der Waals surface area contributed by atoms with Crippen LogP contribution in [0.15, 0.2) is 47.5 Å². The smallest absolute Gasteiger partial charge is 0.258 e. The molecule has 0 aliphatic rings. The van der Waals surface area contributed by atoms with E-state index in [0.717, 1.165) is 11.4 Å². The fourth-order valence-electron chi connectivity index (χ4n) is 2.09. The van der Waals surface area contributed by atoms with Gasteiger partial charge in [-0.25, -0.2) is 4.98 Å². The van der Waals surface area contributed by atoms with Crippen molar-refractivity contribution in [1.82, 2.24) is 24.5 Å². The molecule has 3 heterocycles. The highest BCUT2D eigenvalue weighted by Gasteiger charge is 2.02. The topological polar surface area (TPSA) is 64.2 Å². The van der Waals surface area contributed by atoms with Crippen molar-refractivity contribution in [3.8, 4) is 0 Å². The third-order valence-electron chi connectivity index (χ3n) is 3.16. The number of hydrogen-bond acceptors (Lipinski definition) is 4. The molecule has 6 nitrogen and oxygen atoms in total. The number of nitrogens with zero attached hydrogens (tertiary/aromatic N) is 4. The lowest BCUT2D eigenvalue weighted by atomic mass is 10.3. The minimum Gasteiger partial charge on any atom is -0.306 e. The van der Waals surface area contributed by atoms with E-state index in [1.54, 1.807) is 18.5 Å². The molecule has 0 unspecified atom stereocenters. The third-order valence-corrected chi connectivity index (χ3v) is 3.16. The molecule has 0 radical (unpaired) electrons. The standard InChI is InChI=1S/C14H15N5O/c1-18-12(5-6-16-18)10-15-9-11-8-14(20)19-7-3-2-4-13(19)17-11/h2-8,15H,9-10H2,1H3. The van der Waals surface area contributed by atoms with Gasteiger partial charge in [0.25, 0.3) is 5.56 Å². The van der Waals surface area contributed by atoms with Gasteiger partial charge >= 0.3 is 0 Å². The van der Waals surface area contributed by atoms with Gasteiger partial charge in [-0.05, 0) is 18.2 Å². The average molecular weight is 269 g/mol. The summed E-state index contributed by atoms with van der Waals surface area (Å²) >= 11 is 0. The Morgan fingerprint density at radius 1 is 1.25 bits per heavy atom. The molecule has 3 rings (SSSR count). The van der Waals surface area contributed by atoms with Gasteiger partial charge < -0.3 is 5.32 Å². The second-order valence-corrected chi connectivity index (χ2v) is 4.56. The highest BCUT2D eigenvalue weighted by atomic mass is 16.1. The first kappa shape index (κ1) is 12.6. The number of aryl methyl sites for hydroxylation is 1. The van der Waals surface area contributed by atoms with E-state index in [2.05, 4.69) is 15.4 Å². The van der Waals surface area contributed by atoms with E-state index < -0.39 is 0 Å². The minimum atomic E-state index is -0.0621. The molecular formula is C14H15N5O. The molecule has 0 aliphatic carbocycles. The summed E-state index contributed by atoms with van der Waals surface area (Å²) in [4.78, 5) is 16.4. The number of aromatic nitrogens is 4. The van der Waals surface area contributed by atoms with Gasteiger partial charge in [-0.2, -0.15) is 5.10 Å². The van der Waals surface area contributed by atoms with Crippen LogP contribution in [0.5, 0.6) is 0 Å². The van der Waals surface area contributed by atoms with Crippen LogP contribution in [-0.2, 0) is 20.1 Å². The van der Waals surface area contributed by atoms with E-state index in [9.17, 15) is 4.79 Å². The summed E-state index contributed by atoms with van der Waals surface area (Å²) in [7, 11) is 1.90. The largest absolute Gasteiger partial charge is 0.306 e. The van der Waals surface area contributed by atoms with Crippen molar-refractivity contribution >= 4 is 5.65 Å². The van der Waals surface area contributed by atoms with Gasteiger partial charge in [-0.3, -0.25) is 13.9 Å². The Morgan fingerprint density at radius 2 is 2.15 bits per heavy atom. The Morgan fingerprint density at radius 3 is 2.95 bits per heavy atom. The predicted octanol–water partition coefficient (Wildman–Crippen LogP) is 0.718. The molecule has 0 spiro atoms. The van der Waals surface area contributed by atoms with Gasteiger partial charge in [-0.15, -0.1) is 0 Å². The summed E-state index contributed by atoms with van der Waals surface area (Å²) in [6, 6.07) is 9.02. The number of hydrogen-bond donors (Lipinski definition) is 1. The molecule has 0 aromatic carbocycles. The number of nitrogens with one attached hydrogen (secondary N) is 1. The zero-order valence-corrected chi connectivity index (χ0v) is 11.2. The number of fused-ring (bicyclic) bond motifs is 1. The van der Waals surface area contributed by atoms with Crippen molar-refractivity contribution in [3.05, 3.63) is 64.5 Å². The Balaban J connectivity index is 1.75. The molecule has 3 aromatic rings. The molecule has 6 heteroatoms. The first-order chi connectivity index (χ1) is 9.74. The number of rotatable bonds is 4. The van der Waals surface area contributed by atoms with E-state index in [1.807, 2.05) is 36.0 Å². The molecular weight excluding hydrogens is 254 g/mol. The van der Waals surface area contributed by atoms with Gasteiger partial charge in [-0.1, -0.05) is 6.07 Å². The Labute approximate surface area is 115 Å². The summed E-state index contributed by atoms with van der Waals surface area (Å²) in [5.41, 5.74) is 2.43. The Kier molecular flexibility index (Phi) is 3.30. The van der Waals surface area contributed by atoms with Crippen molar-refractivity contribution < 1.29 is 0 Å². The molecule has 3 aromatic heterocycles. The van der Waals surface area contributed by atoms with Crippen LogP contribution in [0.25, 0.3) is 5.65 Å². The molecule has 0 aliphatic heterocycles. The van der Waals surface area contributed by atoms with Crippen molar-refractivity contribution in [1.29, 1.82) is 0 Å². The first-order valence-electron chi connectivity index (χ1n) is 6.39. The van der Waals surface area contributed by atoms with Gasteiger partial charge in [0.2, 0.25) is 0 Å². The van der Waals surface area contributed by atoms with Gasteiger partial charge in [0.1, 0.15) is 5.65 Å². The molecule has 20 heavy (non-hydrogen) atoms. The quantitative estimate of drug-likeness (QED) is 0.758. The van der Waals surface area contributed by atoms with Crippen LogP contribution in [0, 0.1) is 0 Å². The second-order valence-electron chi connectivity index (χ2n) is 4.56. The van der Waals surface area contributed by atoms with E-state index in [-0.39, 0.29) is 5.56 Å². The molecule has 1 N–H and O–H groups in total. The van der Waals surface area contributed by atoms with E-state index in [1.165, 1.54) is 4.40 Å². The monoisotopic (exact) mass is 269 g/mol. The van der Waals surface area contributed by atoms with Crippen LogP contribution in [0.1, 0.15) is 11.4 Å². The highest BCUT2D eigenvalue weighted by Crippen LogP contribution is 2.00. The van der Waals surface area contributed by atoms with Gasteiger partial charge in [0, 0.05) is 38.6 Å². The van der Waals surface area contributed by atoms with Crippen LogP contribution in [0.2, 0.25) is 0 Å². The molecule has 0 fully saturated rings. The summed E-state index contributed by atoms with van der Waals surface area (Å²) in [5, 5.41) is 7.37. The molecule has 0 amide bonds. The Hall–Kier alpha value is -2.47. The summed E-state index contributed by atoms with van der Waals surface area (Å²) in [5.74, 6) is 0. The zero-order chi connectivity index (χ0) is 13.9. The molecule has 0 saturated carbocycles. The van der Waals surface area contributed by atoms with Crippen molar-refractivity contribution in [2.24, 2.45) is 7.05 Å². The van der Waals surface area contributed by atoms with E-state index >= 15 is 0 Å². The van der Waals surface area contributed by atoms with Crippen LogP contribution < -0.4 is 10.9 Å². The molecule has 0 atom stereocenters. The van der Waals surface area contributed by atoms with Crippen LogP contribution in [-0.4, -0.2) is 19.2 Å². The summed E-state index contributed by atoms with van der Waals surface area (Å²) in [6.45, 7) is 1.23. The lowest BCUT2D eigenvalue weighted by molar-refractivity contribution is 0.619. The van der Waals surface area contributed by atoms with Crippen LogP contribution in [0.3, 0.4) is 0 Å². The lowest BCUT2D eigenvalue weighted by Crippen LogP contribution is -2.20. The SMILES string of the molecule is Cn1nccc1CNCc1cc(=O)n2ccccc2n1. The summed E-state index contributed by atoms with van der Waals surface area (Å²) < 4.78 is 3.35. The van der Waals surface area contributed by atoms with Crippen LogP contribution >= 0.6 is 0 Å². The Bertz CT molecular complexity index is 789. The highest BCUT2D eigenvalue weighted by molar-refractivity contribution is 5.37. The molecule has 102 valence electrons. The normalized spacial score (nSPS) is 11.1. The maximum Gasteiger partial charge on any atom is 0.258 e. The fraction of sp³-hybridized carbons (Fsp3) is 0.214. The maximum absolute atomic E-state index is 11.9. The van der Waals surface area contributed by atoms with Gasteiger partial charge in [0.15, 0.2) is 0 Å². The van der Waals surface area contributed by atoms with Crippen molar-refractivity contribution in [2.75, 3.05) is 0 Å². The van der Waals surface area contributed by atoms with E-state index in [4.69, 9.17) is 0 Å². The van der Waals surface area contributed by atoms with Crippen LogP contribution in [0.4, 0.5) is 0 Å². The maximum atomic E-state index is 11.9. The molecule has 0 bridgehead atoms. The summed E-state index contributed by atoms with van der Waals surface area (Å²) in [6.07, 6.45) is 3.48. The van der Waals surface area contributed by atoms with E-state index in [0.29, 0.717) is 18.7 Å². The lowest BCUT2D eigenvalue weighted by Gasteiger charge is -2.06. The predicted molar refractivity (Wildman–Crippen MR) is 75.2 cm³/mol. The first-order valence-corrected chi connectivity index (χ1v) is 6.39. The zero-order valence-electron chi connectivity index (χ0n) is 11.2. The van der Waals surface area contributed by atoms with Crippen molar-refractivity contribution in [3.63, 3.8) is 0 Å². The average Bonchev–Trinajstić information content (AvgIpc) is 2.85.